The molecule has 96 heavy (non-hydrogen) atoms. The molecule has 0 bridgehead atoms. The van der Waals surface area contributed by atoms with Gasteiger partial charge in [0.2, 0.25) is 0 Å². The summed E-state index contributed by atoms with van der Waals surface area (Å²) in [7, 11) is 8.72. The molecule has 0 rings (SSSR count). The molecule has 0 aromatic rings. The van der Waals surface area contributed by atoms with Gasteiger partial charge in [-0.05, 0) is 67.4 Å². The van der Waals surface area contributed by atoms with E-state index in [1.54, 1.807) is 34.8 Å². The monoisotopic (exact) mass is 1570 g/mol. The van der Waals surface area contributed by atoms with Crippen molar-refractivity contribution >= 4 is 82.4 Å². The van der Waals surface area contributed by atoms with E-state index in [0.717, 1.165) is 33.7 Å². The van der Waals surface area contributed by atoms with Gasteiger partial charge < -0.3 is 71.4 Å². The number of carboxylic acids is 1. The van der Waals surface area contributed by atoms with E-state index >= 15 is 0 Å². The smallest absolute Gasteiger partial charge is 0.358 e. The Morgan fingerprint density at radius 2 is 0.604 bits per heavy atom. The minimum absolute atomic E-state index is 0. The number of nitrogens with zero attached hydrogens (tertiary/aromatic N) is 1. The third-order valence-corrected chi connectivity index (χ3v) is 4.22. The summed E-state index contributed by atoms with van der Waals surface area (Å²) in [6.07, 6.45) is 20.0. The number of aliphatic carboxylic acids is 1. The van der Waals surface area contributed by atoms with Crippen LogP contribution in [-0.2, 0) is 63.3 Å². The Morgan fingerprint density at radius 3 is 0.615 bits per heavy atom. The summed E-state index contributed by atoms with van der Waals surface area (Å²) >= 11 is 7.67. The number of carbonyl (C=O) groups excluding carboxylic acids is 4. The van der Waals surface area contributed by atoms with Crippen molar-refractivity contribution in [3.8, 4) is 0 Å². The van der Waals surface area contributed by atoms with E-state index in [1.807, 2.05) is 163 Å². The van der Waals surface area contributed by atoms with Gasteiger partial charge in [-0.1, -0.05) is 275 Å². The summed E-state index contributed by atoms with van der Waals surface area (Å²) in [5.41, 5.74) is -0.750. The molecular formula is C69H174B3F3KNO16PdS2-. The number of rotatable bonds is 7. The molecule has 0 aliphatic rings. The maximum atomic E-state index is 11.2. The fourth-order valence-corrected chi connectivity index (χ4v) is 0.854. The van der Waals surface area contributed by atoms with E-state index in [2.05, 4.69) is 111 Å². The number of aliphatic hydroxyl groups excluding tert-OH is 1. The molecular weight excluding hydrogens is 1400 g/mol. The van der Waals surface area contributed by atoms with E-state index in [4.69, 9.17) is 44.7 Å². The third-order valence-electron chi connectivity index (χ3n) is 4.05. The van der Waals surface area contributed by atoms with Crippen LogP contribution in [0.5, 0.6) is 0 Å². The zero-order valence-electron chi connectivity index (χ0n) is 72.8. The molecule has 0 saturated heterocycles. The number of hydrogen-bond donors (Lipinski definition) is 7. The van der Waals surface area contributed by atoms with E-state index in [-0.39, 0.29) is 91.2 Å². The van der Waals surface area contributed by atoms with Crippen molar-refractivity contribution in [3.05, 3.63) is 31.7 Å². The maximum absolute atomic E-state index is 11.2. The quantitative estimate of drug-likeness (QED) is 0.0182. The molecule has 0 unspecified atom stereocenters. The minimum Gasteiger partial charge on any atom is -0.358 e. The molecule has 0 fully saturated rings. The van der Waals surface area contributed by atoms with Crippen LogP contribution in [0.3, 0.4) is 0 Å². The largest absolute Gasteiger partial charge is 1.00 e. The number of hydrogen-bond acceptors (Lipinski definition) is 18. The van der Waals surface area contributed by atoms with E-state index in [1.165, 1.54) is 120 Å². The van der Waals surface area contributed by atoms with Gasteiger partial charge in [-0.15, -0.1) is 5.60 Å². The van der Waals surface area contributed by atoms with Crippen LogP contribution in [0.2, 0.25) is 13.6 Å². The first kappa shape index (κ1) is 199. The van der Waals surface area contributed by atoms with Crippen LogP contribution in [0.1, 0.15) is 327 Å². The fourth-order valence-electron chi connectivity index (χ4n) is 0.854. The second-order valence-corrected chi connectivity index (χ2v) is 14.5. The summed E-state index contributed by atoms with van der Waals surface area (Å²) in [6, 6.07) is 0. The van der Waals surface area contributed by atoms with Crippen LogP contribution < -0.4 is 56.5 Å². The molecule has 0 saturated carbocycles. The molecule has 0 amide bonds. The second kappa shape index (κ2) is 325. The standard InChI is InChI=1S/C6H14.C5H12.C4H9O.C4H10.2C4H8.C3H6F2O.2C3H6O2.C3H6OS.C3H8.C2H4O2.2C2H4O.8C2H6.2CH5BO2.CH3F.CH4O.CH3.BHNS.K.Pd/c1-3-5-6-4-2;1-3-5-4-2;1-4(2,3)5;3*1-3-4-2;1-3(4,5)6-2;2*1-3(4)5-2;1-3(5)4-2;1-3-2;1-2(3)4;2*1-2-3;8*1-2;2*1-2(3)4;2*1-2;;1-2-3;;/h3-6H2,1-2H3;3-5H2,1-2H3;1-3H3;3-4H2,1-2H3;2*3-4H,1-2H3;1-2H3;3*1-2H3;3H2,1-2H3;1H3,(H,3,4);2*2H,1H3;8*1-2H3;2*3-4H,1H3;1H3;2H,1H3;1H3;3H;;/q;;-1;;;;;;;;;;;;;;;;;;;;;;;;-1;;+1;. The number of aldehydes is 2. The second-order valence-electron chi connectivity index (χ2n) is 13.7. The zero-order valence-corrected chi connectivity index (χ0v) is 79.2. The first-order chi connectivity index (χ1) is 43.3. The Bertz CT molecular complexity index is 921. The van der Waals surface area contributed by atoms with E-state index in [9.17, 15) is 27.9 Å². The fraction of sp³-hybridized carbons (Fsp3) is 0.841. The number of alkyl halides is 3. The number of thiocarbonyl (C=S) groups is 1. The van der Waals surface area contributed by atoms with Gasteiger partial charge in [0, 0.05) is 69.3 Å². The number of esters is 2. The van der Waals surface area contributed by atoms with Gasteiger partial charge in [0.25, 0.3) is 5.97 Å². The molecule has 17 nitrogen and oxygen atoms in total. The number of carbonyl (C=O) groups is 5. The molecule has 0 atom stereocenters. The van der Waals surface area contributed by atoms with Crippen molar-refractivity contribution in [2.75, 3.05) is 42.7 Å². The molecule has 0 spiro atoms. The van der Waals surface area contributed by atoms with Gasteiger partial charge in [0.1, 0.15) is 12.6 Å². The zero-order chi connectivity index (χ0) is 83.3. The van der Waals surface area contributed by atoms with Crippen LogP contribution in [0.15, 0.2) is 28.6 Å². The number of halogens is 3. The van der Waals surface area contributed by atoms with Crippen molar-refractivity contribution in [1.29, 1.82) is 0 Å². The van der Waals surface area contributed by atoms with E-state index < -0.39 is 31.9 Å². The summed E-state index contributed by atoms with van der Waals surface area (Å²) < 4.78 is 51.0. The molecule has 27 heteroatoms. The number of aliphatic hydroxyl groups is 1. The number of methoxy groups -OCH3 is 4. The number of allylic oxidation sites excluding steroid dienone is 4. The number of thiol groups is 1. The van der Waals surface area contributed by atoms with Crippen LogP contribution in [-0.4, -0.2) is 142 Å². The molecule has 0 aromatic carbocycles. The number of ether oxygens (including phenoxy) is 4. The van der Waals surface area contributed by atoms with Gasteiger partial charge in [-0.25, -0.2) is 0 Å². The summed E-state index contributed by atoms with van der Waals surface area (Å²) in [5, 5.41) is 55.6. The van der Waals surface area contributed by atoms with Crippen molar-refractivity contribution in [3.63, 3.8) is 0 Å². The summed E-state index contributed by atoms with van der Waals surface area (Å²) in [4.78, 5) is 45.8. The van der Waals surface area contributed by atoms with Crippen LogP contribution in [0.25, 0.3) is 0 Å². The Morgan fingerprint density at radius 1 is 0.521 bits per heavy atom. The van der Waals surface area contributed by atoms with Crippen molar-refractivity contribution < 1.29 is 163 Å². The number of carboxylic acid groups (broad SMARTS) is 1. The van der Waals surface area contributed by atoms with Gasteiger partial charge in [-0.2, -0.15) is 8.78 Å². The molecule has 0 aliphatic heterocycles. The average molecular weight is 1570 g/mol. The van der Waals surface area contributed by atoms with Crippen LogP contribution >= 0.6 is 25.0 Å². The Labute approximate surface area is 671 Å². The normalized spacial score (nSPS) is 6.57. The van der Waals surface area contributed by atoms with Gasteiger partial charge in [0.05, 0.1) is 28.5 Å². The predicted molar refractivity (Wildman–Crippen MR) is 429 cm³/mol. The molecule has 0 heterocycles. The van der Waals surface area contributed by atoms with Crippen molar-refractivity contribution in [2.24, 2.45) is 4.30 Å². The maximum Gasteiger partial charge on any atom is 1.00 e. The predicted octanol–water partition coefficient (Wildman–Crippen LogP) is 18.6. The molecule has 0 aliphatic carbocycles. The van der Waals surface area contributed by atoms with Gasteiger partial charge in [0.15, 0.2) is 5.05 Å². The molecule has 1 radical (unpaired) electrons. The SMILES string of the molecule is CB(O)O.CB(O)O.CC.CC.CC.CC.CC.CC.CC.CC.CC(=O)O.CC(C)(C)[O-].CC=CC.CC=CC.CC=O.CC=O.CCC.CCCC.CCCCC.CCCCCC.CF.CO.COC(C)(F)F.COC(C)=O.COC(C)=O.COC(C)=S.[B]=NS.[CH3-].[K+].[Pd]. The van der Waals surface area contributed by atoms with Crippen LogP contribution in [0, 0.1) is 7.43 Å². The summed E-state index contributed by atoms with van der Waals surface area (Å²) in [6.45, 7) is 74.1. The first-order valence-electron chi connectivity index (χ1n) is 32.8. The summed E-state index contributed by atoms with van der Waals surface area (Å²) in [5.74, 6) is -1.32. The Kier molecular flexibility index (Phi) is 672. The molecule has 0 aromatic heterocycles. The topological polar surface area (TPSA) is 279 Å². The average Bonchev–Trinajstić information content (AvgIpc) is 3.54. The van der Waals surface area contributed by atoms with Gasteiger partial charge in [-0.3, -0.25) is 18.8 Å². The Hall–Kier alpha value is -0.726. The van der Waals surface area contributed by atoms with Crippen molar-refractivity contribution in [2.45, 2.75) is 353 Å². The third kappa shape index (κ3) is 3000. The number of unbranched alkanes of at least 4 members (excludes halogenated alkanes) is 6. The van der Waals surface area contributed by atoms with Crippen molar-refractivity contribution in [1.82, 2.24) is 0 Å². The van der Waals surface area contributed by atoms with E-state index in [0.29, 0.717) is 19.2 Å². The Balaban J connectivity index is -0.0000000169. The van der Waals surface area contributed by atoms with Gasteiger partial charge >= 0.3 is 108 Å². The molecule has 6 N–H and O–H groups in total. The van der Waals surface area contributed by atoms with Crippen LogP contribution in [0.4, 0.5) is 13.2 Å². The first-order valence-corrected chi connectivity index (χ1v) is 33.6. The molecule has 605 valence electrons. The minimum atomic E-state index is -2.96.